The summed E-state index contributed by atoms with van der Waals surface area (Å²) in [6, 6.07) is 71.6. The maximum absolute atomic E-state index is 7.65. The van der Waals surface area contributed by atoms with Gasteiger partial charge in [-0.2, -0.15) is 0 Å². The van der Waals surface area contributed by atoms with Crippen molar-refractivity contribution in [3.8, 4) is 56.4 Å². The lowest BCUT2D eigenvalue weighted by atomic mass is 9.92. The van der Waals surface area contributed by atoms with Gasteiger partial charge in [0.25, 0.3) is 0 Å². The fourth-order valence-corrected chi connectivity index (χ4v) is 10.8. The summed E-state index contributed by atoms with van der Waals surface area (Å²) in [6.45, 7) is 1.08. The fraction of sp³-hybridized carbons (Fsp3) is 0.0769. The minimum absolute atomic E-state index is 0.539. The van der Waals surface area contributed by atoms with Gasteiger partial charge in [-0.25, -0.2) is 0 Å². The van der Waals surface area contributed by atoms with Gasteiger partial charge in [0.1, 0.15) is 23.0 Å². The number of hydrogen-bond donors (Lipinski definition) is 0. The highest BCUT2D eigenvalue weighted by atomic mass is 31.1. The molecule has 6 heteroatoms. The van der Waals surface area contributed by atoms with Gasteiger partial charge in [0.2, 0.25) is 0 Å². The Labute approximate surface area is 343 Å². The summed E-state index contributed by atoms with van der Waals surface area (Å²) >= 11 is 0. The Morgan fingerprint density at radius 2 is 0.621 bits per heavy atom. The second-order valence-electron chi connectivity index (χ2n) is 13.9. The van der Waals surface area contributed by atoms with Gasteiger partial charge in [0.05, 0.1) is 24.3 Å². The van der Waals surface area contributed by atoms with Crippen LogP contribution in [0.15, 0.2) is 206 Å². The minimum atomic E-state index is -1.35. The molecule has 0 saturated heterocycles. The normalized spacial score (nSPS) is 12.4. The second kappa shape index (κ2) is 18.0. The molecule has 0 amide bonds. The molecule has 0 aliphatic carbocycles. The summed E-state index contributed by atoms with van der Waals surface area (Å²) < 4.78 is 29.0. The van der Waals surface area contributed by atoms with Crippen molar-refractivity contribution in [2.45, 2.75) is 12.8 Å². The van der Waals surface area contributed by atoms with Crippen LogP contribution in [-0.4, -0.2) is 13.2 Å². The van der Waals surface area contributed by atoms with E-state index in [0.29, 0.717) is 24.7 Å². The maximum Gasteiger partial charge on any atom is 0.150 e. The molecule has 0 N–H and O–H groups in total. The molecule has 0 atom stereocenters. The molecular formula is C52H42O4P2. The molecule has 4 nitrogen and oxygen atoms in total. The first-order valence-electron chi connectivity index (χ1n) is 19.7. The molecule has 8 aromatic rings. The van der Waals surface area contributed by atoms with Gasteiger partial charge < -0.3 is 18.5 Å². The van der Waals surface area contributed by atoms with Crippen LogP contribution in [0.25, 0.3) is 33.4 Å². The van der Waals surface area contributed by atoms with Gasteiger partial charge in [-0.3, -0.25) is 0 Å². The van der Waals surface area contributed by atoms with Crippen LogP contribution in [0.5, 0.6) is 23.0 Å². The second-order valence-corrected chi connectivity index (χ2v) is 17.5. The van der Waals surface area contributed by atoms with Crippen LogP contribution in [0.2, 0.25) is 0 Å². The van der Waals surface area contributed by atoms with E-state index in [-0.39, 0.29) is 0 Å². The predicted octanol–water partition coefficient (Wildman–Crippen LogP) is 12.1. The van der Waals surface area contributed by atoms with Crippen LogP contribution in [-0.2, 0) is 0 Å². The van der Waals surface area contributed by atoms with Crippen molar-refractivity contribution in [2.24, 2.45) is 0 Å². The van der Waals surface area contributed by atoms with Crippen molar-refractivity contribution >= 4 is 37.5 Å². The highest BCUT2D eigenvalue weighted by Gasteiger charge is 2.32. The first-order valence-corrected chi connectivity index (χ1v) is 22.2. The molecule has 1 heterocycles. The van der Waals surface area contributed by atoms with E-state index >= 15 is 0 Å². The number of benzene rings is 8. The van der Waals surface area contributed by atoms with Gasteiger partial charge in [-0.05, 0) is 48.2 Å². The molecule has 284 valence electrons. The van der Waals surface area contributed by atoms with E-state index in [1.165, 1.54) is 0 Å². The first kappa shape index (κ1) is 37.4. The van der Waals surface area contributed by atoms with Crippen LogP contribution in [0.1, 0.15) is 12.8 Å². The Hall–Kier alpha value is -6.18. The third kappa shape index (κ3) is 8.13. The monoisotopic (exact) mass is 792 g/mol. The Morgan fingerprint density at radius 3 is 0.931 bits per heavy atom. The average Bonchev–Trinajstić information content (AvgIpc) is 3.30. The highest BCUT2D eigenvalue weighted by molar-refractivity contribution is 7.69. The lowest BCUT2D eigenvalue weighted by molar-refractivity contribution is 0.263. The topological polar surface area (TPSA) is 36.9 Å². The van der Waals surface area contributed by atoms with Crippen LogP contribution in [0, 0.1) is 0 Å². The van der Waals surface area contributed by atoms with Crippen molar-refractivity contribution < 1.29 is 18.5 Å². The van der Waals surface area contributed by atoms with Gasteiger partial charge in [-0.15, -0.1) is 0 Å². The first-order chi connectivity index (χ1) is 28.8. The van der Waals surface area contributed by atoms with Crippen molar-refractivity contribution in [3.05, 3.63) is 206 Å². The van der Waals surface area contributed by atoms with Gasteiger partial charge in [0.15, 0.2) is 16.3 Å². The number of fused-ring (bicyclic) bond motifs is 3. The molecule has 1 aliphatic rings. The van der Waals surface area contributed by atoms with Gasteiger partial charge in [-0.1, -0.05) is 182 Å². The van der Waals surface area contributed by atoms with Crippen LogP contribution >= 0.6 is 16.3 Å². The van der Waals surface area contributed by atoms with Crippen molar-refractivity contribution in [2.75, 3.05) is 13.2 Å². The number of hydrogen-bond acceptors (Lipinski definition) is 4. The molecule has 0 saturated carbocycles. The van der Waals surface area contributed by atoms with Crippen LogP contribution in [0.3, 0.4) is 0 Å². The highest BCUT2D eigenvalue weighted by Crippen LogP contribution is 2.58. The minimum Gasteiger partial charge on any atom is -0.493 e. The summed E-state index contributed by atoms with van der Waals surface area (Å²) in [4.78, 5) is 0. The lowest BCUT2D eigenvalue weighted by Gasteiger charge is -2.29. The summed E-state index contributed by atoms with van der Waals surface area (Å²) in [5, 5.41) is 4.40. The standard InChI is InChI=1S/C52H42O4P2/c1-7-21-39(22-8-1)45-33-35-47-49(51(45)55-57(41-25-11-3-12-26-41)42-27-13-4-14-28-42)50-48(54-38-20-19-37-53-47)36-34-46(40-23-9-2-10-24-40)52(50)56-58(43-29-15-5-16-30-43)44-31-17-6-18-32-44/h1-18,21-36H,19-20,37-38H2. The van der Waals surface area contributed by atoms with Crippen LogP contribution < -0.4 is 39.7 Å². The maximum atomic E-state index is 7.65. The molecule has 8 aromatic carbocycles. The number of ether oxygens (including phenoxy) is 2. The van der Waals surface area contributed by atoms with E-state index in [1.807, 2.05) is 12.1 Å². The smallest absolute Gasteiger partial charge is 0.150 e. The fourth-order valence-electron chi connectivity index (χ4n) is 7.24. The molecule has 0 spiro atoms. The molecule has 0 radical (unpaired) electrons. The third-order valence-corrected chi connectivity index (χ3v) is 13.8. The molecule has 58 heavy (non-hydrogen) atoms. The van der Waals surface area contributed by atoms with E-state index in [4.69, 9.17) is 18.5 Å². The van der Waals surface area contributed by atoms with Crippen LogP contribution in [0.4, 0.5) is 0 Å². The SMILES string of the molecule is c1ccc(-c2ccc3c(c2OP(c2ccccc2)c2ccccc2)-c2c(ccc(-c4ccccc4)c2OP(c2ccccc2)c2ccccc2)OCCCCO3)cc1. The number of rotatable bonds is 10. The molecular weight excluding hydrogens is 751 g/mol. The molecule has 0 aromatic heterocycles. The van der Waals surface area contributed by atoms with Crippen molar-refractivity contribution in [3.63, 3.8) is 0 Å². The molecule has 0 unspecified atom stereocenters. The summed E-state index contributed by atoms with van der Waals surface area (Å²) in [6.07, 6.45) is 1.70. The van der Waals surface area contributed by atoms with Gasteiger partial charge >= 0.3 is 0 Å². The van der Waals surface area contributed by atoms with Gasteiger partial charge in [0, 0.05) is 32.3 Å². The molecule has 1 aliphatic heterocycles. The largest absolute Gasteiger partial charge is 0.493 e. The van der Waals surface area contributed by atoms with E-state index < -0.39 is 16.3 Å². The zero-order valence-electron chi connectivity index (χ0n) is 32.0. The summed E-state index contributed by atoms with van der Waals surface area (Å²) in [5.41, 5.74) is 5.59. The Kier molecular flexibility index (Phi) is 11.6. The summed E-state index contributed by atoms with van der Waals surface area (Å²) in [7, 11) is -2.70. The molecule has 9 rings (SSSR count). The van der Waals surface area contributed by atoms with E-state index in [2.05, 4.69) is 194 Å². The summed E-state index contributed by atoms with van der Waals surface area (Å²) in [5.74, 6) is 2.87. The molecule has 0 bridgehead atoms. The Morgan fingerprint density at radius 1 is 0.328 bits per heavy atom. The van der Waals surface area contributed by atoms with E-state index in [0.717, 1.165) is 78.9 Å². The van der Waals surface area contributed by atoms with Crippen molar-refractivity contribution in [1.29, 1.82) is 0 Å². The van der Waals surface area contributed by atoms with E-state index in [9.17, 15) is 0 Å². The lowest BCUT2D eigenvalue weighted by Crippen LogP contribution is -2.17. The Bertz CT molecular complexity index is 2290. The Balaban J connectivity index is 1.37. The predicted molar refractivity (Wildman–Crippen MR) is 242 cm³/mol. The van der Waals surface area contributed by atoms with E-state index in [1.54, 1.807) is 0 Å². The average molecular weight is 793 g/mol. The third-order valence-electron chi connectivity index (χ3n) is 10.0. The zero-order chi connectivity index (χ0) is 38.9. The molecule has 0 fully saturated rings. The quantitative estimate of drug-likeness (QED) is 0.129. The van der Waals surface area contributed by atoms with Crippen molar-refractivity contribution in [1.82, 2.24) is 0 Å². The zero-order valence-corrected chi connectivity index (χ0v) is 33.8.